The molecule has 1 aromatic heterocycles. The Labute approximate surface area is 175 Å². The third-order valence-electron chi connectivity index (χ3n) is 4.05. The van der Waals surface area contributed by atoms with E-state index < -0.39 is 24.6 Å². The lowest BCUT2D eigenvalue weighted by atomic mass is 10.1. The zero-order valence-electron chi connectivity index (χ0n) is 16.0. The van der Waals surface area contributed by atoms with Crippen molar-refractivity contribution >= 4 is 24.8 Å². The van der Waals surface area contributed by atoms with Crippen LogP contribution in [0, 0.1) is 12.7 Å². The summed E-state index contributed by atoms with van der Waals surface area (Å²) in [6.07, 6.45) is -0.224. The van der Waals surface area contributed by atoms with Crippen LogP contribution in [0.2, 0.25) is 0 Å². The molecular weight excluding hydrogens is 442 g/mol. The van der Waals surface area contributed by atoms with Gasteiger partial charge in [0.25, 0.3) is 7.52 Å². The fourth-order valence-corrected chi connectivity index (χ4v) is 4.62. The van der Waals surface area contributed by atoms with Crippen molar-refractivity contribution < 1.29 is 26.8 Å². The van der Waals surface area contributed by atoms with E-state index in [9.17, 15) is 17.7 Å². The van der Waals surface area contributed by atoms with Gasteiger partial charge in [-0.25, -0.2) is 4.39 Å². The van der Waals surface area contributed by atoms with E-state index in [0.29, 0.717) is 5.69 Å². The van der Waals surface area contributed by atoms with E-state index in [-0.39, 0.29) is 29.7 Å². The Morgan fingerprint density at radius 2 is 1.93 bits per heavy atom. The molecule has 0 radical (unpaired) electrons. The van der Waals surface area contributed by atoms with Crippen molar-refractivity contribution in [2.45, 2.75) is 25.4 Å². The molecule has 0 spiro atoms. The van der Waals surface area contributed by atoms with Crippen molar-refractivity contribution in [1.29, 1.82) is 0 Å². The second kappa shape index (κ2) is 8.79. The number of hydrogen-bond acceptors (Lipinski definition) is 5. The second-order valence-electron chi connectivity index (χ2n) is 6.45. The van der Waals surface area contributed by atoms with Crippen LogP contribution in [0.1, 0.15) is 23.9 Å². The molecular formula is C19H18ClF3N3O3P. The molecule has 0 saturated heterocycles. The van der Waals surface area contributed by atoms with E-state index in [1.807, 2.05) is 19.1 Å². The maximum atomic E-state index is 14.7. The molecule has 3 aromatic rings. The van der Waals surface area contributed by atoms with Gasteiger partial charge in [0.05, 0.1) is 12.8 Å². The van der Waals surface area contributed by atoms with Crippen molar-refractivity contribution in [3.05, 3.63) is 65.3 Å². The van der Waals surface area contributed by atoms with Gasteiger partial charge in [-0.2, -0.15) is 13.8 Å². The highest BCUT2D eigenvalue weighted by Crippen LogP contribution is 2.50. The molecule has 1 heterocycles. The SMILES string of the molecule is CCOP(=O)(Cc1ccc(-c2noc(C(F)(F)Cl)n2)cc1F)Nc1ccc(C)cc1. The number of benzene rings is 2. The average molecular weight is 460 g/mol. The largest absolute Gasteiger partial charge is 0.400 e. The first-order valence-corrected chi connectivity index (χ1v) is 11.1. The number of rotatable bonds is 8. The predicted octanol–water partition coefficient (Wildman–Crippen LogP) is 6.31. The molecule has 0 aliphatic rings. The van der Waals surface area contributed by atoms with Crippen LogP contribution in [0.25, 0.3) is 11.4 Å². The lowest BCUT2D eigenvalue weighted by Gasteiger charge is -2.20. The minimum atomic E-state index is -3.82. The molecule has 0 amide bonds. The van der Waals surface area contributed by atoms with E-state index in [4.69, 9.17) is 16.1 Å². The van der Waals surface area contributed by atoms with Gasteiger partial charge in [0.2, 0.25) is 5.82 Å². The monoisotopic (exact) mass is 459 g/mol. The van der Waals surface area contributed by atoms with Gasteiger partial charge < -0.3 is 14.1 Å². The number of alkyl halides is 3. The van der Waals surface area contributed by atoms with Crippen molar-refractivity contribution in [3.8, 4) is 11.4 Å². The zero-order valence-corrected chi connectivity index (χ0v) is 17.7. The molecule has 0 aliphatic heterocycles. The number of nitrogens with one attached hydrogen (secondary N) is 1. The molecule has 6 nitrogen and oxygen atoms in total. The van der Waals surface area contributed by atoms with Gasteiger partial charge in [-0.15, -0.1) is 0 Å². The number of halogens is 4. The van der Waals surface area contributed by atoms with Crippen LogP contribution in [-0.4, -0.2) is 16.7 Å². The topological polar surface area (TPSA) is 77.2 Å². The Balaban J connectivity index is 1.83. The van der Waals surface area contributed by atoms with Gasteiger partial charge >= 0.3 is 11.3 Å². The molecule has 11 heteroatoms. The Bertz CT molecular complexity index is 1070. The Morgan fingerprint density at radius 1 is 1.23 bits per heavy atom. The maximum absolute atomic E-state index is 14.7. The predicted molar refractivity (Wildman–Crippen MR) is 107 cm³/mol. The summed E-state index contributed by atoms with van der Waals surface area (Å²) in [4.78, 5) is 3.47. The Hall–Kier alpha value is -2.35. The van der Waals surface area contributed by atoms with Gasteiger partial charge in [-0.3, -0.25) is 4.57 Å². The normalized spacial score (nSPS) is 13.8. The molecule has 30 heavy (non-hydrogen) atoms. The second-order valence-corrected chi connectivity index (χ2v) is 9.07. The minimum Gasteiger partial charge on any atom is -0.331 e. The van der Waals surface area contributed by atoms with Crippen LogP contribution in [-0.2, 0) is 20.6 Å². The fourth-order valence-electron chi connectivity index (χ4n) is 2.65. The summed E-state index contributed by atoms with van der Waals surface area (Å²) in [6.45, 7) is 3.77. The van der Waals surface area contributed by atoms with E-state index in [0.717, 1.165) is 11.6 Å². The first-order chi connectivity index (χ1) is 14.1. The molecule has 2 aromatic carbocycles. The van der Waals surface area contributed by atoms with E-state index in [1.165, 1.54) is 12.1 Å². The van der Waals surface area contributed by atoms with Crippen molar-refractivity contribution in [2.24, 2.45) is 0 Å². The van der Waals surface area contributed by atoms with Gasteiger partial charge in [0.15, 0.2) is 0 Å². The summed E-state index contributed by atoms with van der Waals surface area (Å²) in [6, 6.07) is 11.0. The summed E-state index contributed by atoms with van der Waals surface area (Å²) < 4.78 is 63.8. The molecule has 0 saturated carbocycles. The van der Waals surface area contributed by atoms with E-state index in [2.05, 4.69) is 19.8 Å². The van der Waals surface area contributed by atoms with Gasteiger partial charge in [-0.05, 0) is 49.2 Å². The summed E-state index contributed by atoms with van der Waals surface area (Å²) in [5.74, 6) is -2.06. The van der Waals surface area contributed by atoms with Crippen molar-refractivity contribution in [1.82, 2.24) is 10.1 Å². The van der Waals surface area contributed by atoms with Crippen LogP contribution in [0.4, 0.5) is 18.9 Å². The third kappa shape index (κ3) is 5.41. The number of anilines is 1. The third-order valence-corrected chi connectivity index (χ3v) is 6.24. The number of aromatic nitrogens is 2. The van der Waals surface area contributed by atoms with Gasteiger partial charge in [0, 0.05) is 11.3 Å². The highest BCUT2D eigenvalue weighted by atomic mass is 35.5. The van der Waals surface area contributed by atoms with E-state index >= 15 is 0 Å². The minimum absolute atomic E-state index is 0.102. The number of nitrogens with zero attached hydrogens (tertiary/aromatic N) is 2. The Morgan fingerprint density at radius 3 is 2.50 bits per heavy atom. The average Bonchev–Trinajstić information content (AvgIpc) is 3.16. The smallest absolute Gasteiger partial charge is 0.331 e. The molecule has 160 valence electrons. The Kier molecular flexibility index (Phi) is 6.55. The maximum Gasteiger partial charge on any atom is 0.400 e. The van der Waals surface area contributed by atoms with E-state index in [1.54, 1.807) is 19.1 Å². The standard InChI is InChI=1S/C19H18ClF3N3O3P/c1-3-28-30(27,26-15-8-4-12(2)5-9-15)11-14-7-6-13(10-16(14)21)17-24-18(29-25-17)19(20,22)23/h4-10H,3,11H2,1-2H3,(H,26,27). The summed E-state index contributed by atoms with van der Waals surface area (Å²) in [5.41, 5.74) is 1.83. The van der Waals surface area contributed by atoms with Crippen LogP contribution < -0.4 is 5.09 Å². The first-order valence-electron chi connectivity index (χ1n) is 8.88. The van der Waals surface area contributed by atoms with Crippen molar-refractivity contribution in [3.63, 3.8) is 0 Å². The highest BCUT2D eigenvalue weighted by molar-refractivity contribution is 7.59. The van der Waals surface area contributed by atoms with Gasteiger partial charge in [0.1, 0.15) is 5.82 Å². The first kappa shape index (κ1) is 22.3. The van der Waals surface area contributed by atoms with Crippen LogP contribution in [0.5, 0.6) is 0 Å². The van der Waals surface area contributed by atoms with Crippen LogP contribution >= 0.6 is 19.1 Å². The molecule has 1 N–H and O–H groups in total. The zero-order chi connectivity index (χ0) is 21.9. The highest BCUT2D eigenvalue weighted by Gasteiger charge is 2.36. The van der Waals surface area contributed by atoms with Crippen LogP contribution in [0.15, 0.2) is 47.0 Å². The number of hydrogen-bond donors (Lipinski definition) is 1. The molecule has 0 fully saturated rings. The number of aryl methyl sites for hydroxylation is 1. The van der Waals surface area contributed by atoms with Gasteiger partial charge in [-0.1, -0.05) is 35.0 Å². The van der Waals surface area contributed by atoms with Crippen LogP contribution in [0.3, 0.4) is 0 Å². The van der Waals surface area contributed by atoms with Crippen molar-refractivity contribution in [2.75, 3.05) is 11.7 Å². The molecule has 0 aliphatic carbocycles. The quantitative estimate of drug-likeness (QED) is 0.314. The fraction of sp³-hybridized carbons (Fsp3) is 0.263. The molecule has 1 atom stereocenters. The summed E-state index contributed by atoms with van der Waals surface area (Å²) in [7, 11) is -3.47. The lowest BCUT2D eigenvalue weighted by Crippen LogP contribution is -2.05. The molecule has 1 unspecified atom stereocenters. The molecule has 0 bridgehead atoms. The lowest BCUT2D eigenvalue weighted by molar-refractivity contribution is 0.0551. The summed E-state index contributed by atoms with van der Waals surface area (Å²) in [5, 5.41) is 2.41. The summed E-state index contributed by atoms with van der Waals surface area (Å²) >= 11 is 4.84. The molecule has 3 rings (SSSR count).